The normalized spacial score (nSPS) is 10.3. The summed E-state index contributed by atoms with van der Waals surface area (Å²) in [5, 5.41) is 14.5. The van der Waals surface area contributed by atoms with Crippen molar-refractivity contribution in [3.8, 4) is 11.6 Å². The molecule has 0 aliphatic heterocycles. The zero-order chi connectivity index (χ0) is 21.0. The van der Waals surface area contributed by atoms with Crippen LogP contribution >= 0.6 is 0 Å². The Balaban J connectivity index is 2.01. The van der Waals surface area contributed by atoms with E-state index in [4.69, 9.17) is 9.47 Å². The molecule has 9 heteroatoms. The quantitative estimate of drug-likeness (QED) is 0.373. The number of benzene rings is 2. The molecule has 0 aliphatic carbocycles. The number of carbonyl (C=O) groups excluding carboxylic acids is 1. The fourth-order valence-corrected chi connectivity index (χ4v) is 2.59. The van der Waals surface area contributed by atoms with Crippen molar-refractivity contribution in [1.29, 1.82) is 0 Å². The van der Waals surface area contributed by atoms with Gasteiger partial charge < -0.3 is 14.8 Å². The van der Waals surface area contributed by atoms with Crippen LogP contribution in [0.3, 0.4) is 0 Å². The van der Waals surface area contributed by atoms with Gasteiger partial charge in [-0.3, -0.25) is 10.1 Å². The maximum atomic E-state index is 12.0. The Morgan fingerprint density at radius 2 is 1.86 bits per heavy atom. The van der Waals surface area contributed by atoms with E-state index in [1.165, 1.54) is 13.2 Å². The number of rotatable bonds is 6. The molecule has 0 saturated carbocycles. The molecule has 148 valence electrons. The van der Waals surface area contributed by atoms with E-state index in [2.05, 4.69) is 15.3 Å². The number of carbonyl (C=O) groups is 1. The second-order valence-electron chi connectivity index (χ2n) is 6.14. The second-order valence-corrected chi connectivity index (χ2v) is 6.14. The molecule has 0 unspecified atom stereocenters. The SMILES string of the molecule is COC(=O)c1ccccc1Nc1ncnc(Oc2ccc(C)c(C)c2)c1[N+](=O)[O-]. The summed E-state index contributed by atoms with van der Waals surface area (Å²) in [5.41, 5.74) is 2.10. The third-order valence-electron chi connectivity index (χ3n) is 4.25. The summed E-state index contributed by atoms with van der Waals surface area (Å²) < 4.78 is 10.4. The van der Waals surface area contributed by atoms with Crippen molar-refractivity contribution >= 4 is 23.2 Å². The topological polar surface area (TPSA) is 116 Å². The first-order chi connectivity index (χ1) is 13.9. The van der Waals surface area contributed by atoms with Gasteiger partial charge in [0.2, 0.25) is 5.82 Å². The largest absolute Gasteiger partial charge is 0.465 e. The molecule has 3 rings (SSSR count). The van der Waals surface area contributed by atoms with Crippen molar-refractivity contribution in [3.63, 3.8) is 0 Å². The molecule has 0 aliphatic rings. The van der Waals surface area contributed by atoms with Crippen LogP contribution in [0.25, 0.3) is 0 Å². The number of esters is 1. The number of aryl methyl sites for hydroxylation is 2. The number of nitrogens with zero attached hydrogens (tertiary/aromatic N) is 3. The molecule has 0 spiro atoms. The molecule has 2 aromatic carbocycles. The summed E-state index contributed by atoms with van der Waals surface area (Å²) in [4.78, 5) is 30.9. The summed E-state index contributed by atoms with van der Waals surface area (Å²) >= 11 is 0. The highest BCUT2D eigenvalue weighted by Crippen LogP contribution is 2.36. The van der Waals surface area contributed by atoms with E-state index in [-0.39, 0.29) is 17.3 Å². The lowest BCUT2D eigenvalue weighted by atomic mass is 10.1. The fraction of sp³-hybridized carbons (Fsp3) is 0.150. The molecule has 0 fully saturated rings. The monoisotopic (exact) mass is 394 g/mol. The first-order valence-corrected chi connectivity index (χ1v) is 8.59. The van der Waals surface area contributed by atoms with Gasteiger partial charge in [0.1, 0.15) is 12.1 Å². The summed E-state index contributed by atoms with van der Waals surface area (Å²) in [6.45, 7) is 3.86. The van der Waals surface area contributed by atoms with Gasteiger partial charge in [0.15, 0.2) is 0 Å². The highest BCUT2D eigenvalue weighted by atomic mass is 16.6. The van der Waals surface area contributed by atoms with E-state index in [1.807, 2.05) is 19.9 Å². The van der Waals surface area contributed by atoms with E-state index in [0.717, 1.165) is 17.5 Å². The van der Waals surface area contributed by atoms with Gasteiger partial charge in [-0.05, 0) is 49.2 Å². The first-order valence-electron chi connectivity index (χ1n) is 8.59. The Hall–Kier alpha value is -4.01. The van der Waals surface area contributed by atoms with Gasteiger partial charge in [-0.1, -0.05) is 18.2 Å². The van der Waals surface area contributed by atoms with Crippen LogP contribution in [-0.4, -0.2) is 28.0 Å². The average molecular weight is 394 g/mol. The summed E-state index contributed by atoms with van der Waals surface area (Å²) in [6, 6.07) is 11.8. The smallest absolute Gasteiger partial charge is 0.373 e. The first kappa shape index (κ1) is 19.7. The Kier molecular flexibility index (Phi) is 5.68. The van der Waals surface area contributed by atoms with Crippen molar-refractivity contribution in [1.82, 2.24) is 9.97 Å². The number of methoxy groups -OCH3 is 1. The van der Waals surface area contributed by atoms with Gasteiger partial charge in [-0.15, -0.1) is 0 Å². The van der Waals surface area contributed by atoms with Crippen molar-refractivity contribution in [2.24, 2.45) is 0 Å². The van der Waals surface area contributed by atoms with E-state index < -0.39 is 16.6 Å². The van der Waals surface area contributed by atoms with Crippen molar-refractivity contribution in [2.45, 2.75) is 13.8 Å². The Morgan fingerprint density at radius 1 is 1.10 bits per heavy atom. The van der Waals surface area contributed by atoms with Crippen molar-refractivity contribution < 1.29 is 19.2 Å². The second kappa shape index (κ2) is 8.34. The lowest BCUT2D eigenvalue weighted by molar-refractivity contribution is -0.385. The minimum absolute atomic E-state index is 0.111. The molecule has 0 saturated heterocycles. The summed E-state index contributed by atoms with van der Waals surface area (Å²) in [5.74, 6) is -0.501. The van der Waals surface area contributed by atoms with Crippen LogP contribution in [-0.2, 0) is 4.74 Å². The van der Waals surface area contributed by atoms with E-state index in [1.54, 1.807) is 30.3 Å². The van der Waals surface area contributed by atoms with Gasteiger partial charge in [0, 0.05) is 0 Å². The highest BCUT2D eigenvalue weighted by molar-refractivity contribution is 5.96. The maximum Gasteiger partial charge on any atom is 0.373 e. The molecular formula is C20H18N4O5. The fourth-order valence-electron chi connectivity index (χ4n) is 2.59. The summed E-state index contributed by atoms with van der Waals surface area (Å²) in [6.07, 6.45) is 1.15. The number of aromatic nitrogens is 2. The number of para-hydroxylation sites is 1. The molecular weight excluding hydrogens is 376 g/mol. The number of hydrogen-bond donors (Lipinski definition) is 1. The van der Waals surface area contributed by atoms with E-state index in [9.17, 15) is 14.9 Å². The zero-order valence-corrected chi connectivity index (χ0v) is 16.0. The lowest BCUT2D eigenvalue weighted by Gasteiger charge is -2.12. The molecule has 1 N–H and O–H groups in total. The standard InChI is InChI=1S/C20H18N4O5/c1-12-8-9-14(10-13(12)2)29-19-17(24(26)27)18(21-11-22-19)23-16-7-5-4-6-15(16)20(25)28-3/h4-11H,1-3H3,(H,21,22,23). The van der Waals surface area contributed by atoms with E-state index >= 15 is 0 Å². The highest BCUT2D eigenvalue weighted by Gasteiger charge is 2.26. The van der Waals surface area contributed by atoms with Gasteiger partial charge in [-0.25, -0.2) is 9.78 Å². The van der Waals surface area contributed by atoms with Crippen LogP contribution in [0.5, 0.6) is 11.6 Å². The molecule has 0 bridgehead atoms. The summed E-state index contributed by atoms with van der Waals surface area (Å²) in [7, 11) is 1.25. The molecule has 3 aromatic rings. The van der Waals surface area contributed by atoms with Crippen LogP contribution in [0.2, 0.25) is 0 Å². The Bertz CT molecular complexity index is 1080. The van der Waals surface area contributed by atoms with Crippen LogP contribution in [0.1, 0.15) is 21.5 Å². The number of anilines is 2. The number of nitrogens with one attached hydrogen (secondary N) is 1. The maximum absolute atomic E-state index is 12.0. The number of ether oxygens (including phenoxy) is 2. The van der Waals surface area contributed by atoms with Gasteiger partial charge in [-0.2, -0.15) is 4.98 Å². The van der Waals surface area contributed by atoms with Crippen molar-refractivity contribution in [3.05, 3.63) is 75.6 Å². The van der Waals surface area contributed by atoms with Crippen LogP contribution in [0, 0.1) is 24.0 Å². The minimum Gasteiger partial charge on any atom is -0.465 e. The van der Waals surface area contributed by atoms with Crippen LogP contribution < -0.4 is 10.1 Å². The van der Waals surface area contributed by atoms with Gasteiger partial charge in [0.05, 0.1) is 23.3 Å². The van der Waals surface area contributed by atoms with Crippen LogP contribution in [0.15, 0.2) is 48.8 Å². The zero-order valence-electron chi connectivity index (χ0n) is 16.0. The predicted molar refractivity (Wildman–Crippen MR) is 106 cm³/mol. The van der Waals surface area contributed by atoms with Gasteiger partial charge >= 0.3 is 17.5 Å². The minimum atomic E-state index is -0.639. The molecule has 0 amide bonds. The predicted octanol–water partition coefficient (Wildman–Crippen LogP) is 4.32. The van der Waals surface area contributed by atoms with Crippen LogP contribution in [0.4, 0.5) is 17.2 Å². The third-order valence-corrected chi connectivity index (χ3v) is 4.25. The number of hydrogen-bond acceptors (Lipinski definition) is 8. The third kappa shape index (κ3) is 4.29. The molecule has 1 aromatic heterocycles. The number of nitro groups is 1. The molecule has 1 heterocycles. The molecule has 0 radical (unpaired) electrons. The molecule has 9 nitrogen and oxygen atoms in total. The molecule has 0 atom stereocenters. The average Bonchev–Trinajstić information content (AvgIpc) is 2.70. The Labute approximate surface area is 166 Å². The van der Waals surface area contributed by atoms with E-state index in [0.29, 0.717) is 11.4 Å². The lowest BCUT2D eigenvalue weighted by Crippen LogP contribution is -2.08. The Morgan fingerprint density at radius 3 is 2.55 bits per heavy atom. The molecule has 29 heavy (non-hydrogen) atoms. The van der Waals surface area contributed by atoms with Crippen molar-refractivity contribution in [2.75, 3.05) is 12.4 Å². The van der Waals surface area contributed by atoms with Gasteiger partial charge in [0.25, 0.3) is 0 Å².